The summed E-state index contributed by atoms with van der Waals surface area (Å²) < 4.78 is 5.37. The van der Waals surface area contributed by atoms with Gasteiger partial charge in [-0.2, -0.15) is 0 Å². The Balaban J connectivity index is 3.28. The monoisotopic (exact) mass is 461 g/mol. The van der Waals surface area contributed by atoms with E-state index in [0.717, 1.165) is 30.4 Å². The molecule has 1 aromatic carbocycles. The number of hydrogen-bond donors (Lipinski definition) is 2. The maximum absolute atomic E-state index is 13.7. The standard InChI is InChI=1S/C26H43N3O4/c1-9-12-17-27-23(30)22(20-15-13-19(10-2)14-16-20)29(11-3)24(31)21(18(4)5)28-25(32)33-26(6,7)8/h13-16,18,21-22H,9-12,17H2,1-8H3,(H,27,30)(H,28,32). The summed E-state index contributed by atoms with van der Waals surface area (Å²) in [5, 5.41) is 5.69. The van der Waals surface area contributed by atoms with Crippen LogP contribution in [0, 0.1) is 5.92 Å². The number of nitrogens with zero attached hydrogens (tertiary/aromatic N) is 1. The van der Waals surface area contributed by atoms with Gasteiger partial charge in [-0.25, -0.2) is 4.79 Å². The number of rotatable bonds is 11. The van der Waals surface area contributed by atoms with Crippen molar-refractivity contribution in [3.63, 3.8) is 0 Å². The predicted octanol–water partition coefficient (Wildman–Crippen LogP) is 4.60. The molecule has 0 heterocycles. The number of nitrogens with one attached hydrogen (secondary N) is 2. The second kappa shape index (κ2) is 13.2. The first-order valence-electron chi connectivity index (χ1n) is 12.1. The molecule has 186 valence electrons. The topological polar surface area (TPSA) is 87.7 Å². The summed E-state index contributed by atoms with van der Waals surface area (Å²) in [6, 6.07) is 6.18. The molecule has 0 saturated carbocycles. The molecule has 0 aliphatic carbocycles. The van der Waals surface area contributed by atoms with Crippen molar-refractivity contribution in [1.29, 1.82) is 0 Å². The van der Waals surface area contributed by atoms with Crippen molar-refractivity contribution in [2.45, 2.75) is 92.3 Å². The smallest absolute Gasteiger partial charge is 0.408 e. The Hall–Kier alpha value is -2.57. The minimum absolute atomic E-state index is 0.190. The second-order valence-corrected chi connectivity index (χ2v) is 9.63. The lowest BCUT2D eigenvalue weighted by Gasteiger charge is -2.35. The molecule has 0 aliphatic rings. The lowest BCUT2D eigenvalue weighted by Crippen LogP contribution is -2.54. The fraction of sp³-hybridized carbons (Fsp3) is 0.654. The third-order valence-electron chi connectivity index (χ3n) is 5.32. The Bertz CT molecular complexity index is 769. The Kier molecular flexibility index (Phi) is 11.4. The quantitative estimate of drug-likeness (QED) is 0.471. The van der Waals surface area contributed by atoms with Gasteiger partial charge in [0.25, 0.3) is 0 Å². The fourth-order valence-electron chi connectivity index (χ4n) is 3.49. The van der Waals surface area contributed by atoms with Gasteiger partial charge in [-0.1, -0.05) is 58.4 Å². The molecule has 0 aromatic heterocycles. The van der Waals surface area contributed by atoms with Gasteiger partial charge in [0.15, 0.2) is 0 Å². The molecule has 7 nitrogen and oxygen atoms in total. The molecule has 3 amide bonds. The number of carbonyl (C=O) groups is 3. The summed E-state index contributed by atoms with van der Waals surface area (Å²) in [5.74, 6) is -0.721. The van der Waals surface area contributed by atoms with Crippen molar-refractivity contribution in [2.75, 3.05) is 13.1 Å². The Morgan fingerprint density at radius 2 is 1.64 bits per heavy atom. The predicted molar refractivity (Wildman–Crippen MR) is 132 cm³/mol. The number of likely N-dealkylation sites (N-methyl/N-ethyl adjacent to an activating group) is 1. The van der Waals surface area contributed by atoms with Crippen LogP contribution in [0.5, 0.6) is 0 Å². The van der Waals surface area contributed by atoms with E-state index in [1.54, 1.807) is 25.7 Å². The summed E-state index contributed by atoms with van der Waals surface area (Å²) in [5.41, 5.74) is 1.23. The van der Waals surface area contributed by atoms with Gasteiger partial charge < -0.3 is 20.3 Å². The van der Waals surface area contributed by atoms with E-state index < -0.39 is 23.8 Å². The number of ether oxygens (including phenoxy) is 1. The number of alkyl carbamates (subject to hydrolysis) is 1. The van der Waals surface area contributed by atoms with Crippen molar-refractivity contribution in [1.82, 2.24) is 15.5 Å². The summed E-state index contributed by atoms with van der Waals surface area (Å²) >= 11 is 0. The molecule has 0 saturated heterocycles. The van der Waals surface area contributed by atoms with E-state index in [-0.39, 0.29) is 17.7 Å². The maximum atomic E-state index is 13.7. The first-order chi connectivity index (χ1) is 15.4. The van der Waals surface area contributed by atoms with Gasteiger partial charge in [-0.05, 0) is 57.6 Å². The molecule has 0 radical (unpaired) electrons. The number of hydrogen-bond acceptors (Lipinski definition) is 4. The number of amides is 3. The second-order valence-electron chi connectivity index (χ2n) is 9.63. The first kappa shape index (κ1) is 28.5. The van der Waals surface area contributed by atoms with Crippen molar-refractivity contribution >= 4 is 17.9 Å². The van der Waals surface area contributed by atoms with Crippen molar-refractivity contribution in [3.05, 3.63) is 35.4 Å². The highest BCUT2D eigenvalue weighted by Gasteiger charge is 2.36. The molecule has 2 N–H and O–H groups in total. The molecule has 1 aromatic rings. The first-order valence-corrected chi connectivity index (χ1v) is 12.1. The van der Waals surface area contributed by atoms with Crippen LogP contribution in [0.3, 0.4) is 0 Å². The van der Waals surface area contributed by atoms with Crippen molar-refractivity contribution in [2.24, 2.45) is 5.92 Å². The van der Waals surface area contributed by atoms with Gasteiger partial charge in [0.1, 0.15) is 17.7 Å². The van der Waals surface area contributed by atoms with Crippen LogP contribution < -0.4 is 10.6 Å². The zero-order chi connectivity index (χ0) is 25.2. The zero-order valence-corrected chi connectivity index (χ0v) is 21.7. The Morgan fingerprint density at radius 3 is 2.09 bits per heavy atom. The third-order valence-corrected chi connectivity index (χ3v) is 5.32. The lowest BCUT2D eigenvalue weighted by molar-refractivity contribution is -0.143. The average Bonchev–Trinajstić information content (AvgIpc) is 2.74. The van der Waals surface area contributed by atoms with Crippen LogP contribution in [0.2, 0.25) is 0 Å². The summed E-state index contributed by atoms with van der Waals surface area (Å²) in [4.78, 5) is 40.9. The molecular weight excluding hydrogens is 418 g/mol. The fourth-order valence-corrected chi connectivity index (χ4v) is 3.49. The maximum Gasteiger partial charge on any atom is 0.408 e. The van der Waals surface area contributed by atoms with Crippen LogP contribution in [-0.2, 0) is 20.7 Å². The largest absolute Gasteiger partial charge is 0.444 e. The summed E-state index contributed by atoms with van der Waals surface area (Å²) in [6.07, 6.45) is 2.06. The van der Waals surface area contributed by atoms with Crippen LogP contribution in [0.1, 0.15) is 85.4 Å². The van der Waals surface area contributed by atoms with Crippen LogP contribution in [-0.4, -0.2) is 47.5 Å². The van der Waals surface area contributed by atoms with Gasteiger partial charge in [0.05, 0.1) is 0 Å². The van der Waals surface area contributed by atoms with E-state index in [4.69, 9.17) is 4.74 Å². The van der Waals surface area contributed by atoms with E-state index in [1.807, 2.05) is 45.0 Å². The molecule has 1 rings (SSSR count). The number of unbranched alkanes of at least 4 members (excludes halogenated alkanes) is 1. The van der Waals surface area contributed by atoms with Gasteiger partial charge in [0.2, 0.25) is 11.8 Å². The molecule has 2 atom stereocenters. The highest BCUT2D eigenvalue weighted by Crippen LogP contribution is 2.24. The molecular formula is C26H43N3O4. The highest BCUT2D eigenvalue weighted by atomic mass is 16.6. The van der Waals surface area contributed by atoms with Crippen LogP contribution in [0.25, 0.3) is 0 Å². The SMILES string of the molecule is CCCCNC(=O)C(c1ccc(CC)cc1)N(CC)C(=O)C(NC(=O)OC(C)(C)C)C(C)C. The van der Waals surface area contributed by atoms with Crippen molar-refractivity contribution in [3.8, 4) is 0 Å². The Morgan fingerprint density at radius 1 is 1.03 bits per heavy atom. The number of aryl methyl sites for hydroxylation is 1. The normalized spacial score (nSPS) is 13.2. The number of benzene rings is 1. The molecule has 0 bridgehead atoms. The molecule has 7 heteroatoms. The van der Waals surface area contributed by atoms with Crippen LogP contribution in [0.4, 0.5) is 4.79 Å². The lowest BCUT2D eigenvalue weighted by atomic mass is 9.98. The zero-order valence-electron chi connectivity index (χ0n) is 21.7. The van der Waals surface area contributed by atoms with Gasteiger partial charge in [0, 0.05) is 13.1 Å². The average molecular weight is 462 g/mol. The number of carbonyl (C=O) groups excluding carboxylic acids is 3. The van der Waals surface area contributed by atoms with Crippen LogP contribution in [0.15, 0.2) is 24.3 Å². The van der Waals surface area contributed by atoms with E-state index in [1.165, 1.54) is 0 Å². The highest BCUT2D eigenvalue weighted by molar-refractivity contribution is 5.92. The van der Waals surface area contributed by atoms with Gasteiger partial charge >= 0.3 is 6.09 Å². The van der Waals surface area contributed by atoms with Gasteiger partial charge in [-0.15, -0.1) is 0 Å². The minimum atomic E-state index is -0.819. The molecule has 0 fully saturated rings. The Labute approximate surface area is 199 Å². The summed E-state index contributed by atoms with van der Waals surface area (Å²) in [6.45, 7) is 15.9. The van der Waals surface area contributed by atoms with E-state index >= 15 is 0 Å². The van der Waals surface area contributed by atoms with Gasteiger partial charge in [-0.3, -0.25) is 9.59 Å². The van der Waals surface area contributed by atoms with E-state index in [9.17, 15) is 14.4 Å². The summed E-state index contributed by atoms with van der Waals surface area (Å²) in [7, 11) is 0. The van der Waals surface area contributed by atoms with E-state index in [0.29, 0.717) is 13.1 Å². The van der Waals surface area contributed by atoms with Crippen LogP contribution >= 0.6 is 0 Å². The third kappa shape index (κ3) is 9.06. The molecule has 0 spiro atoms. The minimum Gasteiger partial charge on any atom is -0.444 e. The van der Waals surface area contributed by atoms with Crippen molar-refractivity contribution < 1.29 is 19.1 Å². The van der Waals surface area contributed by atoms with E-state index in [2.05, 4.69) is 24.5 Å². The molecule has 33 heavy (non-hydrogen) atoms. The molecule has 0 aliphatic heterocycles. The molecule has 2 unspecified atom stereocenters.